The van der Waals surface area contributed by atoms with E-state index in [1.165, 1.54) is 12.8 Å². The van der Waals surface area contributed by atoms with Crippen LogP contribution >= 0.6 is 0 Å². The Bertz CT molecular complexity index is 363. The van der Waals surface area contributed by atoms with E-state index in [1.54, 1.807) is 0 Å². The lowest BCUT2D eigenvalue weighted by atomic mass is 9.99. The Morgan fingerprint density at radius 2 is 2.19 bits per heavy atom. The maximum atomic E-state index is 12.2. The van der Waals surface area contributed by atoms with E-state index in [0.717, 1.165) is 25.8 Å². The Balaban J connectivity index is 1.73. The third-order valence-electron chi connectivity index (χ3n) is 4.56. The topological polar surface area (TPSA) is 69.6 Å². The van der Waals surface area contributed by atoms with Gasteiger partial charge in [0, 0.05) is 32.7 Å². The molecular weight excluding hydrogens is 268 g/mol. The Kier molecular flexibility index (Phi) is 6.03. The summed E-state index contributed by atoms with van der Waals surface area (Å²) < 4.78 is 0. The fraction of sp³-hybridized carbons (Fsp3) is 0.875. The molecule has 0 bridgehead atoms. The van der Waals surface area contributed by atoms with Crippen LogP contribution in [0.15, 0.2) is 0 Å². The van der Waals surface area contributed by atoms with Gasteiger partial charge >= 0.3 is 0 Å². The molecule has 2 fully saturated rings. The van der Waals surface area contributed by atoms with Crippen molar-refractivity contribution in [2.24, 2.45) is 17.8 Å². The largest absolute Gasteiger partial charge is 0.396 e. The van der Waals surface area contributed by atoms with Gasteiger partial charge in [0.15, 0.2) is 0 Å². The van der Waals surface area contributed by atoms with Gasteiger partial charge in [0.05, 0.1) is 5.92 Å². The van der Waals surface area contributed by atoms with Crippen LogP contribution in [-0.2, 0) is 9.59 Å². The highest BCUT2D eigenvalue weighted by atomic mass is 16.3. The van der Waals surface area contributed by atoms with Crippen molar-refractivity contribution in [3.05, 3.63) is 0 Å². The van der Waals surface area contributed by atoms with Gasteiger partial charge in [0.25, 0.3) is 0 Å². The van der Waals surface area contributed by atoms with Gasteiger partial charge in [-0.1, -0.05) is 13.3 Å². The second-order valence-corrected chi connectivity index (χ2v) is 6.56. The number of amides is 2. The fourth-order valence-corrected chi connectivity index (χ4v) is 3.06. The zero-order valence-electron chi connectivity index (χ0n) is 13.0. The van der Waals surface area contributed by atoms with Crippen LogP contribution in [0.3, 0.4) is 0 Å². The van der Waals surface area contributed by atoms with E-state index in [9.17, 15) is 9.59 Å². The molecule has 5 nitrogen and oxygen atoms in total. The van der Waals surface area contributed by atoms with Gasteiger partial charge < -0.3 is 15.3 Å². The van der Waals surface area contributed by atoms with E-state index in [1.807, 2.05) is 4.90 Å². The Morgan fingerprint density at radius 3 is 2.81 bits per heavy atom. The average molecular weight is 296 g/mol. The molecule has 2 rings (SSSR count). The highest BCUT2D eigenvalue weighted by molar-refractivity contribution is 5.89. The lowest BCUT2D eigenvalue weighted by Crippen LogP contribution is -2.36. The average Bonchev–Trinajstić information content (AvgIpc) is 3.19. The number of nitrogens with one attached hydrogen (secondary N) is 1. The maximum Gasteiger partial charge on any atom is 0.225 e. The smallest absolute Gasteiger partial charge is 0.225 e. The summed E-state index contributed by atoms with van der Waals surface area (Å²) in [5.41, 5.74) is 0. The normalized spacial score (nSPS) is 23.4. The summed E-state index contributed by atoms with van der Waals surface area (Å²) >= 11 is 0. The summed E-state index contributed by atoms with van der Waals surface area (Å²) in [6, 6.07) is 0. The molecule has 120 valence electrons. The van der Waals surface area contributed by atoms with Gasteiger partial charge in [-0.3, -0.25) is 9.59 Å². The number of aliphatic hydroxyl groups excluding tert-OH is 1. The Morgan fingerprint density at radius 1 is 1.43 bits per heavy atom. The van der Waals surface area contributed by atoms with Gasteiger partial charge in [-0.25, -0.2) is 0 Å². The molecular formula is C16H28N2O3. The Hall–Kier alpha value is -1.10. The van der Waals surface area contributed by atoms with Crippen LogP contribution in [0, 0.1) is 17.8 Å². The van der Waals surface area contributed by atoms with Gasteiger partial charge in [0.1, 0.15) is 0 Å². The SMILES string of the molecule is CCCC(CCO)CNC(=O)C1CC(=O)N(CC2CC2)C1. The minimum Gasteiger partial charge on any atom is -0.396 e. The number of nitrogens with zero attached hydrogens (tertiary/aromatic N) is 1. The molecule has 0 aromatic rings. The first-order valence-electron chi connectivity index (χ1n) is 8.30. The van der Waals surface area contributed by atoms with E-state index in [2.05, 4.69) is 12.2 Å². The number of likely N-dealkylation sites (tertiary alicyclic amines) is 1. The summed E-state index contributed by atoms with van der Waals surface area (Å²) in [5, 5.41) is 12.0. The predicted octanol–water partition coefficient (Wildman–Crippen LogP) is 1.16. The lowest BCUT2D eigenvalue weighted by molar-refractivity contribution is -0.129. The van der Waals surface area contributed by atoms with Crippen molar-refractivity contribution < 1.29 is 14.7 Å². The minimum atomic E-state index is -0.187. The van der Waals surface area contributed by atoms with Crippen molar-refractivity contribution in [1.82, 2.24) is 10.2 Å². The zero-order chi connectivity index (χ0) is 15.2. The van der Waals surface area contributed by atoms with E-state index in [4.69, 9.17) is 5.11 Å². The molecule has 1 heterocycles. The van der Waals surface area contributed by atoms with Gasteiger partial charge in [-0.15, -0.1) is 0 Å². The van der Waals surface area contributed by atoms with Crippen LogP contribution in [-0.4, -0.2) is 48.1 Å². The molecule has 5 heteroatoms. The van der Waals surface area contributed by atoms with Gasteiger partial charge in [0.2, 0.25) is 11.8 Å². The standard InChI is InChI=1S/C16H28N2O3/c1-2-3-12(6-7-19)9-17-16(21)14-8-15(20)18(11-14)10-13-4-5-13/h12-14,19H,2-11H2,1H3,(H,17,21). The summed E-state index contributed by atoms with van der Waals surface area (Å²) in [7, 11) is 0. The van der Waals surface area contributed by atoms with Crippen molar-refractivity contribution in [2.75, 3.05) is 26.2 Å². The highest BCUT2D eigenvalue weighted by Crippen LogP contribution is 2.32. The van der Waals surface area contributed by atoms with Crippen molar-refractivity contribution in [3.63, 3.8) is 0 Å². The van der Waals surface area contributed by atoms with Crippen molar-refractivity contribution >= 4 is 11.8 Å². The predicted molar refractivity (Wildman–Crippen MR) is 80.5 cm³/mol. The van der Waals surface area contributed by atoms with Crippen LogP contribution in [0.5, 0.6) is 0 Å². The van der Waals surface area contributed by atoms with Crippen LogP contribution in [0.25, 0.3) is 0 Å². The monoisotopic (exact) mass is 296 g/mol. The Labute approximate surface area is 127 Å². The molecule has 0 spiro atoms. The van der Waals surface area contributed by atoms with Gasteiger partial charge in [-0.2, -0.15) is 0 Å². The lowest BCUT2D eigenvalue weighted by Gasteiger charge is -2.18. The summed E-state index contributed by atoms with van der Waals surface area (Å²) in [5.74, 6) is 0.953. The molecule has 2 aliphatic rings. The number of hydrogen-bond acceptors (Lipinski definition) is 3. The third kappa shape index (κ3) is 4.99. The molecule has 21 heavy (non-hydrogen) atoms. The number of rotatable bonds is 9. The molecule has 2 atom stereocenters. The van der Waals surface area contributed by atoms with E-state index in [-0.39, 0.29) is 24.3 Å². The van der Waals surface area contributed by atoms with E-state index >= 15 is 0 Å². The summed E-state index contributed by atoms with van der Waals surface area (Å²) in [4.78, 5) is 26.0. The fourth-order valence-electron chi connectivity index (χ4n) is 3.06. The van der Waals surface area contributed by atoms with E-state index < -0.39 is 0 Å². The molecule has 2 amide bonds. The van der Waals surface area contributed by atoms with Crippen molar-refractivity contribution in [2.45, 2.75) is 45.4 Å². The van der Waals surface area contributed by atoms with Gasteiger partial charge in [-0.05, 0) is 37.5 Å². The molecule has 0 radical (unpaired) electrons. The molecule has 1 aliphatic carbocycles. The molecule has 0 aromatic carbocycles. The minimum absolute atomic E-state index is 0.000639. The maximum absolute atomic E-state index is 12.2. The third-order valence-corrected chi connectivity index (χ3v) is 4.56. The van der Waals surface area contributed by atoms with E-state index in [0.29, 0.717) is 31.3 Å². The second-order valence-electron chi connectivity index (χ2n) is 6.56. The number of carbonyl (C=O) groups excluding carboxylic acids is 2. The molecule has 1 aliphatic heterocycles. The molecule has 2 unspecified atom stereocenters. The molecule has 1 saturated carbocycles. The van der Waals surface area contributed by atoms with Crippen molar-refractivity contribution in [3.8, 4) is 0 Å². The highest BCUT2D eigenvalue weighted by Gasteiger charge is 2.37. The summed E-state index contributed by atoms with van der Waals surface area (Å²) in [6.07, 6.45) is 5.60. The number of carbonyl (C=O) groups is 2. The van der Waals surface area contributed by atoms with Crippen LogP contribution in [0.4, 0.5) is 0 Å². The molecule has 2 N–H and O–H groups in total. The molecule has 0 aromatic heterocycles. The van der Waals surface area contributed by atoms with Crippen LogP contribution < -0.4 is 5.32 Å². The van der Waals surface area contributed by atoms with Crippen LogP contribution in [0.2, 0.25) is 0 Å². The molecule has 1 saturated heterocycles. The first-order chi connectivity index (χ1) is 10.1. The quantitative estimate of drug-likeness (QED) is 0.671. The first kappa shape index (κ1) is 16.3. The van der Waals surface area contributed by atoms with Crippen molar-refractivity contribution in [1.29, 1.82) is 0 Å². The number of aliphatic hydroxyl groups is 1. The first-order valence-corrected chi connectivity index (χ1v) is 8.30. The number of hydrogen-bond donors (Lipinski definition) is 2. The second kappa shape index (κ2) is 7.78. The zero-order valence-corrected chi connectivity index (χ0v) is 13.0. The van der Waals surface area contributed by atoms with Crippen LogP contribution in [0.1, 0.15) is 45.4 Å². The summed E-state index contributed by atoms with van der Waals surface area (Å²) in [6.45, 7) is 4.31.